The van der Waals surface area contributed by atoms with E-state index in [0.717, 1.165) is 24.2 Å². The van der Waals surface area contributed by atoms with Gasteiger partial charge in [0.25, 0.3) is 5.91 Å². The molecule has 0 saturated carbocycles. The highest BCUT2D eigenvalue weighted by atomic mass is 32.1. The molecule has 2 amide bonds. The summed E-state index contributed by atoms with van der Waals surface area (Å²) in [7, 11) is 0. The van der Waals surface area contributed by atoms with Gasteiger partial charge < -0.3 is 9.47 Å². The number of nitrogens with zero attached hydrogens (tertiary/aromatic N) is 1. The highest BCUT2D eigenvalue weighted by Gasteiger charge is 2.29. The van der Waals surface area contributed by atoms with Crippen molar-refractivity contribution in [1.82, 2.24) is 4.90 Å². The Morgan fingerprint density at radius 2 is 2.25 bits per heavy atom. The molecular weight excluding hydrogens is 282 g/mol. The summed E-state index contributed by atoms with van der Waals surface area (Å²) in [5, 5.41) is 0. The molecule has 1 aliphatic heterocycles. The second-order valence-corrected chi connectivity index (χ2v) is 5.79. The van der Waals surface area contributed by atoms with E-state index in [-0.39, 0.29) is 13.2 Å². The SMILES string of the molecule is O=C(OCC(=O)N1CCOC1=O)c1cc2c(s1)CCC2. The Labute approximate surface area is 119 Å². The number of aryl methyl sites for hydroxylation is 2. The number of esters is 1. The summed E-state index contributed by atoms with van der Waals surface area (Å²) in [6.07, 6.45) is 2.45. The quantitative estimate of drug-likeness (QED) is 0.788. The number of hydrogen-bond donors (Lipinski definition) is 0. The van der Waals surface area contributed by atoms with Crippen LogP contribution in [0.2, 0.25) is 0 Å². The van der Waals surface area contributed by atoms with E-state index in [2.05, 4.69) is 4.74 Å². The number of cyclic esters (lactones) is 1. The maximum Gasteiger partial charge on any atom is 0.416 e. The van der Waals surface area contributed by atoms with Crippen LogP contribution in [-0.2, 0) is 27.1 Å². The molecule has 20 heavy (non-hydrogen) atoms. The van der Waals surface area contributed by atoms with Crippen molar-refractivity contribution >= 4 is 29.3 Å². The fourth-order valence-corrected chi connectivity index (χ4v) is 3.47. The van der Waals surface area contributed by atoms with Crippen molar-refractivity contribution < 1.29 is 23.9 Å². The summed E-state index contributed by atoms with van der Waals surface area (Å²) >= 11 is 1.42. The van der Waals surface area contributed by atoms with Gasteiger partial charge in [-0.05, 0) is 30.9 Å². The van der Waals surface area contributed by atoms with Gasteiger partial charge in [0.15, 0.2) is 6.61 Å². The lowest BCUT2D eigenvalue weighted by molar-refractivity contribution is -0.131. The van der Waals surface area contributed by atoms with Crippen LogP contribution in [0.1, 0.15) is 26.5 Å². The molecule has 7 heteroatoms. The fourth-order valence-electron chi connectivity index (χ4n) is 2.33. The molecule has 0 N–H and O–H groups in total. The zero-order chi connectivity index (χ0) is 14.1. The number of carbonyl (C=O) groups excluding carboxylic acids is 3. The van der Waals surface area contributed by atoms with Crippen molar-refractivity contribution in [3.8, 4) is 0 Å². The maximum atomic E-state index is 11.9. The summed E-state index contributed by atoms with van der Waals surface area (Å²) in [5.41, 5.74) is 1.20. The number of ether oxygens (including phenoxy) is 2. The molecule has 106 valence electrons. The lowest BCUT2D eigenvalue weighted by Crippen LogP contribution is -2.35. The van der Waals surface area contributed by atoms with Gasteiger partial charge in [0.2, 0.25) is 0 Å². The molecule has 1 aromatic heterocycles. The topological polar surface area (TPSA) is 72.9 Å². The van der Waals surface area contributed by atoms with Crippen LogP contribution < -0.4 is 0 Å². The second kappa shape index (κ2) is 5.24. The Balaban J connectivity index is 1.56. The third kappa shape index (κ3) is 2.40. The first-order chi connectivity index (χ1) is 9.65. The standard InChI is InChI=1S/C13H13NO5S/c15-11(14-4-5-18-13(14)17)7-19-12(16)10-6-8-2-1-3-9(8)20-10/h6H,1-5,7H2. The number of amides is 2. The van der Waals surface area contributed by atoms with Crippen LogP contribution in [0.4, 0.5) is 4.79 Å². The van der Waals surface area contributed by atoms with Gasteiger partial charge in [-0.3, -0.25) is 4.79 Å². The van der Waals surface area contributed by atoms with Crippen molar-refractivity contribution in [3.05, 3.63) is 21.4 Å². The number of imide groups is 1. The molecule has 1 aliphatic carbocycles. The molecule has 0 spiro atoms. The van der Waals surface area contributed by atoms with E-state index in [1.54, 1.807) is 0 Å². The van der Waals surface area contributed by atoms with Crippen molar-refractivity contribution in [1.29, 1.82) is 0 Å². The number of hydrogen-bond acceptors (Lipinski definition) is 6. The number of fused-ring (bicyclic) bond motifs is 1. The highest BCUT2D eigenvalue weighted by Crippen LogP contribution is 2.30. The van der Waals surface area contributed by atoms with Crippen LogP contribution in [-0.4, -0.2) is 42.6 Å². The van der Waals surface area contributed by atoms with Gasteiger partial charge in [-0.25, -0.2) is 14.5 Å². The number of thiophene rings is 1. The van der Waals surface area contributed by atoms with Gasteiger partial charge in [0, 0.05) is 4.88 Å². The monoisotopic (exact) mass is 295 g/mol. The first-order valence-electron chi connectivity index (χ1n) is 6.41. The van der Waals surface area contributed by atoms with Crippen molar-refractivity contribution in [2.75, 3.05) is 19.8 Å². The molecule has 1 saturated heterocycles. The Morgan fingerprint density at radius 1 is 1.40 bits per heavy atom. The summed E-state index contributed by atoms with van der Waals surface area (Å²) < 4.78 is 9.61. The van der Waals surface area contributed by atoms with Gasteiger partial charge in [0.1, 0.15) is 11.5 Å². The predicted octanol–water partition coefficient (Wildman–Crippen LogP) is 1.37. The van der Waals surface area contributed by atoms with E-state index in [1.807, 2.05) is 6.07 Å². The van der Waals surface area contributed by atoms with Gasteiger partial charge >= 0.3 is 12.1 Å². The molecule has 1 fully saturated rings. The Bertz CT molecular complexity index is 558. The largest absolute Gasteiger partial charge is 0.451 e. The van der Waals surface area contributed by atoms with Crippen LogP contribution in [0.25, 0.3) is 0 Å². The average Bonchev–Trinajstić information content (AvgIpc) is 3.09. The molecule has 2 aliphatic rings. The van der Waals surface area contributed by atoms with E-state index in [4.69, 9.17) is 4.74 Å². The van der Waals surface area contributed by atoms with E-state index < -0.39 is 24.6 Å². The van der Waals surface area contributed by atoms with Crippen LogP contribution in [0, 0.1) is 0 Å². The van der Waals surface area contributed by atoms with Crippen molar-refractivity contribution in [2.24, 2.45) is 0 Å². The summed E-state index contributed by atoms with van der Waals surface area (Å²) in [5.74, 6) is -1.06. The lowest BCUT2D eigenvalue weighted by atomic mass is 10.2. The molecule has 0 radical (unpaired) electrons. The highest BCUT2D eigenvalue weighted by molar-refractivity contribution is 7.14. The third-order valence-electron chi connectivity index (χ3n) is 3.34. The van der Waals surface area contributed by atoms with E-state index >= 15 is 0 Å². The molecule has 3 rings (SSSR count). The Morgan fingerprint density at radius 3 is 2.95 bits per heavy atom. The summed E-state index contributed by atoms with van der Waals surface area (Å²) in [4.78, 5) is 37.4. The molecule has 2 heterocycles. The molecule has 6 nitrogen and oxygen atoms in total. The smallest absolute Gasteiger partial charge is 0.416 e. The number of carbonyl (C=O) groups is 3. The minimum Gasteiger partial charge on any atom is -0.451 e. The molecule has 1 aromatic rings. The van der Waals surface area contributed by atoms with Gasteiger partial charge in [-0.1, -0.05) is 0 Å². The average molecular weight is 295 g/mol. The molecule has 0 bridgehead atoms. The lowest BCUT2D eigenvalue weighted by Gasteiger charge is -2.10. The number of rotatable bonds is 3. The van der Waals surface area contributed by atoms with E-state index in [1.165, 1.54) is 21.8 Å². The van der Waals surface area contributed by atoms with Crippen molar-refractivity contribution in [3.63, 3.8) is 0 Å². The molecule has 0 aromatic carbocycles. The third-order valence-corrected chi connectivity index (χ3v) is 4.55. The zero-order valence-electron chi connectivity index (χ0n) is 10.7. The molecule has 0 unspecified atom stereocenters. The fraction of sp³-hybridized carbons (Fsp3) is 0.462. The minimum atomic E-state index is -0.679. The zero-order valence-corrected chi connectivity index (χ0v) is 11.5. The van der Waals surface area contributed by atoms with Gasteiger partial charge in [0.05, 0.1) is 6.54 Å². The van der Waals surface area contributed by atoms with Crippen molar-refractivity contribution in [2.45, 2.75) is 19.3 Å². The van der Waals surface area contributed by atoms with Gasteiger partial charge in [-0.15, -0.1) is 11.3 Å². The first-order valence-corrected chi connectivity index (χ1v) is 7.22. The van der Waals surface area contributed by atoms with Gasteiger partial charge in [-0.2, -0.15) is 0 Å². The van der Waals surface area contributed by atoms with Crippen LogP contribution in [0.5, 0.6) is 0 Å². The molecular formula is C13H13NO5S. The minimum absolute atomic E-state index is 0.191. The maximum absolute atomic E-state index is 11.9. The Kier molecular flexibility index (Phi) is 3.43. The first kappa shape index (κ1) is 13.1. The van der Waals surface area contributed by atoms with E-state index in [9.17, 15) is 14.4 Å². The Hall–Kier alpha value is -1.89. The van der Waals surface area contributed by atoms with Crippen LogP contribution in [0.15, 0.2) is 6.07 Å². The van der Waals surface area contributed by atoms with Crippen LogP contribution >= 0.6 is 11.3 Å². The molecule has 0 atom stereocenters. The summed E-state index contributed by atoms with van der Waals surface area (Å²) in [6.45, 7) is -0.0326. The summed E-state index contributed by atoms with van der Waals surface area (Å²) in [6, 6.07) is 1.84. The van der Waals surface area contributed by atoms with E-state index in [0.29, 0.717) is 4.88 Å². The predicted molar refractivity (Wildman–Crippen MR) is 69.7 cm³/mol. The van der Waals surface area contributed by atoms with Crippen LogP contribution in [0.3, 0.4) is 0 Å². The second-order valence-electron chi connectivity index (χ2n) is 4.65. The normalized spacial score (nSPS) is 17.0.